The highest BCUT2D eigenvalue weighted by Crippen LogP contribution is 2.17. The second-order valence-corrected chi connectivity index (χ2v) is 3.28. The first-order valence-corrected chi connectivity index (χ1v) is 4.99. The van der Waals surface area contributed by atoms with Gasteiger partial charge in [0, 0.05) is 17.8 Å². The zero-order valence-electron chi connectivity index (χ0n) is 8.96. The number of nitrogens with two attached hydrogens (primary N) is 1. The molecule has 0 unspecified atom stereocenters. The van der Waals surface area contributed by atoms with Crippen LogP contribution in [0.2, 0.25) is 0 Å². The van der Waals surface area contributed by atoms with Gasteiger partial charge in [0.1, 0.15) is 5.58 Å². The Morgan fingerprint density at radius 1 is 1.29 bits per heavy atom. The molecule has 3 rings (SSSR count). The van der Waals surface area contributed by atoms with E-state index in [1.807, 2.05) is 24.3 Å². The summed E-state index contributed by atoms with van der Waals surface area (Å²) < 4.78 is 5.15. The van der Waals surface area contributed by atoms with Crippen molar-refractivity contribution in [3.05, 3.63) is 54.6 Å². The zero-order valence-corrected chi connectivity index (χ0v) is 8.96. The van der Waals surface area contributed by atoms with Crippen LogP contribution in [0.5, 0.6) is 0 Å². The molecule has 0 radical (unpaired) electrons. The minimum absolute atomic E-state index is 0.205. The molecular formula is C12H11N3O2. The number of hydrogen-bond donors (Lipinski definition) is 2. The maximum absolute atomic E-state index is 10.7. The predicted octanol–water partition coefficient (Wildman–Crippen LogP) is 1.94. The number of hydrogen-bond acceptors (Lipinski definition) is 3. The summed E-state index contributed by atoms with van der Waals surface area (Å²) in [6.07, 6.45) is 3.46. The fraction of sp³-hybridized carbons (Fsp3) is 0. The van der Waals surface area contributed by atoms with Gasteiger partial charge in [-0.1, -0.05) is 18.2 Å². The average Bonchev–Trinajstić information content (AvgIpc) is 3.01. The number of fused-ring (bicyclic) bond motifs is 1. The molecule has 0 bridgehead atoms. The molecule has 0 aliphatic carbocycles. The van der Waals surface area contributed by atoms with Gasteiger partial charge in [0.25, 0.3) is 5.91 Å². The van der Waals surface area contributed by atoms with Crippen LogP contribution in [0.4, 0.5) is 0 Å². The van der Waals surface area contributed by atoms with Crippen molar-refractivity contribution >= 4 is 16.9 Å². The first-order chi connectivity index (χ1) is 8.27. The molecule has 0 saturated carbocycles. The number of nitrogens with one attached hydrogen (secondary N) is 1. The molecule has 1 aromatic carbocycles. The quantitative estimate of drug-likeness (QED) is 0.668. The number of amides is 1. The standard InChI is InChI=1S/C9H7NO2.C3H4N2/c10-9(11)8-5-6-3-1-2-4-7(6)12-8;1-2-4-5-3-1/h1-5H,(H2,10,11);1-3H,(H,4,5). The van der Waals surface area contributed by atoms with Crippen LogP contribution in [0.1, 0.15) is 10.6 Å². The first-order valence-electron chi connectivity index (χ1n) is 4.99. The van der Waals surface area contributed by atoms with Crippen LogP contribution < -0.4 is 5.73 Å². The minimum atomic E-state index is -0.536. The molecule has 5 heteroatoms. The molecule has 5 nitrogen and oxygen atoms in total. The zero-order chi connectivity index (χ0) is 12.1. The molecule has 2 heterocycles. The van der Waals surface area contributed by atoms with E-state index in [0.717, 1.165) is 5.39 Å². The number of furan rings is 1. The average molecular weight is 229 g/mol. The monoisotopic (exact) mass is 229 g/mol. The van der Waals surface area contributed by atoms with Crippen molar-refractivity contribution in [2.75, 3.05) is 0 Å². The summed E-state index contributed by atoms with van der Waals surface area (Å²) in [4.78, 5) is 10.7. The number of primary amides is 1. The number of nitrogens with zero attached hydrogens (tertiary/aromatic N) is 1. The van der Waals surface area contributed by atoms with Crippen molar-refractivity contribution in [2.45, 2.75) is 0 Å². The second-order valence-electron chi connectivity index (χ2n) is 3.28. The van der Waals surface area contributed by atoms with E-state index in [1.54, 1.807) is 24.5 Å². The summed E-state index contributed by atoms with van der Waals surface area (Å²) in [6.45, 7) is 0. The lowest BCUT2D eigenvalue weighted by atomic mass is 10.2. The Morgan fingerprint density at radius 2 is 2.12 bits per heavy atom. The van der Waals surface area contributed by atoms with Gasteiger partial charge in [0.2, 0.25) is 0 Å². The van der Waals surface area contributed by atoms with Crippen LogP contribution >= 0.6 is 0 Å². The van der Waals surface area contributed by atoms with Crippen molar-refractivity contribution in [1.82, 2.24) is 10.2 Å². The number of rotatable bonds is 1. The van der Waals surface area contributed by atoms with E-state index >= 15 is 0 Å². The molecule has 17 heavy (non-hydrogen) atoms. The molecule has 86 valence electrons. The van der Waals surface area contributed by atoms with Gasteiger partial charge >= 0.3 is 0 Å². The number of carbonyl (C=O) groups excluding carboxylic acids is 1. The van der Waals surface area contributed by atoms with E-state index in [2.05, 4.69) is 10.2 Å². The molecule has 0 aliphatic rings. The van der Waals surface area contributed by atoms with E-state index in [1.165, 1.54) is 0 Å². The molecule has 3 aromatic rings. The van der Waals surface area contributed by atoms with E-state index in [-0.39, 0.29) is 5.76 Å². The number of carbonyl (C=O) groups is 1. The van der Waals surface area contributed by atoms with Crippen LogP contribution in [0.3, 0.4) is 0 Å². The van der Waals surface area contributed by atoms with Gasteiger partial charge in [-0.15, -0.1) is 0 Å². The summed E-state index contributed by atoms with van der Waals surface area (Å²) in [5.41, 5.74) is 5.73. The second kappa shape index (κ2) is 4.98. The van der Waals surface area contributed by atoms with Gasteiger partial charge in [-0.25, -0.2) is 0 Å². The number of benzene rings is 1. The van der Waals surface area contributed by atoms with E-state index in [4.69, 9.17) is 10.2 Å². The first kappa shape index (κ1) is 10.9. The Hall–Kier alpha value is -2.56. The van der Waals surface area contributed by atoms with Gasteiger partial charge in [-0.3, -0.25) is 9.89 Å². The van der Waals surface area contributed by atoms with Crippen LogP contribution in [0, 0.1) is 0 Å². The normalized spacial score (nSPS) is 9.65. The summed E-state index contributed by atoms with van der Waals surface area (Å²) in [6, 6.07) is 10.9. The summed E-state index contributed by atoms with van der Waals surface area (Å²) in [7, 11) is 0. The predicted molar refractivity (Wildman–Crippen MR) is 63.3 cm³/mol. The van der Waals surface area contributed by atoms with Crippen LogP contribution in [0.15, 0.2) is 53.2 Å². The molecule has 0 fully saturated rings. The third-order valence-corrected chi connectivity index (χ3v) is 2.07. The molecular weight excluding hydrogens is 218 g/mol. The molecule has 3 N–H and O–H groups in total. The van der Waals surface area contributed by atoms with E-state index in [0.29, 0.717) is 5.58 Å². The summed E-state index contributed by atoms with van der Waals surface area (Å²) in [5.74, 6) is -0.331. The highest BCUT2D eigenvalue weighted by atomic mass is 16.3. The van der Waals surface area contributed by atoms with Crippen LogP contribution in [-0.2, 0) is 0 Å². The maximum Gasteiger partial charge on any atom is 0.284 e. The Bertz CT molecular complexity index is 549. The lowest BCUT2D eigenvalue weighted by molar-refractivity contribution is 0.0976. The number of H-pyrrole nitrogens is 1. The van der Waals surface area contributed by atoms with Gasteiger partial charge in [0.15, 0.2) is 5.76 Å². The smallest absolute Gasteiger partial charge is 0.284 e. The third-order valence-electron chi connectivity index (χ3n) is 2.07. The van der Waals surface area contributed by atoms with Crippen LogP contribution in [-0.4, -0.2) is 16.1 Å². The lowest BCUT2D eigenvalue weighted by Crippen LogP contribution is -2.08. The molecule has 2 aromatic heterocycles. The highest BCUT2D eigenvalue weighted by Gasteiger charge is 2.06. The summed E-state index contributed by atoms with van der Waals surface area (Å²) >= 11 is 0. The minimum Gasteiger partial charge on any atom is -0.451 e. The third kappa shape index (κ3) is 2.72. The Kier molecular flexibility index (Phi) is 3.20. The van der Waals surface area contributed by atoms with Crippen molar-refractivity contribution in [3.8, 4) is 0 Å². The lowest BCUT2D eigenvalue weighted by Gasteiger charge is -1.83. The number of aromatic nitrogens is 2. The summed E-state index contributed by atoms with van der Waals surface area (Å²) in [5, 5.41) is 7.10. The Balaban J connectivity index is 0.000000181. The molecule has 0 spiro atoms. The van der Waals surface area contributed by atoms with Gasteiger partial charge in [0.05, 0.1) is 0 Å². The van der Waals surface area contributed by atoms with Crippen molar-refractivity contribution in [2.24, 2.45) is 5.73 Å². The SMILES string of the molecule is NC(=O)c1cc2ccccc2o1.c1cn[nH]c1. The number of aromatic amines is 1. The molecule has 0 aliphatic heterocycles. The van der Waals surface area contributed by atoms with Gasteiger partial charge in [-0.2, -0.15) is 5.10 Å². The van der Waals surface area contributed by atoms with Crippen LogP contribution in [0.25, 0.3) is 11.0 Å². The topological polar surface area (TPSA) is 84.9 Å². The van der Waals surface area contributed by atoms with E-state index in [9.17, 15) is 4.79 Å². The van der Waals surface area contributed by atoms with Gasteiger partial charge < -0.3 is 10.2 Å². The van der Waals surface area contributed by atoms with Gasteiger partial charge in [-0.05, 0) is 18.2 Å². The van der Waals surface area contributed by atoms with Crippen molar-refractivity contribution < 1.29 is 9.21 Å². The van der Waals surface area contributed by atoms with E-state index < -0.39 is 5.91 Å². The largest absolute Gasteiger partial charge is 0.451 e. The fourth-order valence-corrected chi connectivity index (χ4v) is 1.32. The highest BCUT2D eigenvalue weighted by molar-refractivity contribution is 5.94. The Morgan fingerprint density at radius 3 is 2.65 bits per heavy atom. The molecule has 0 atom stereocenters. The molecule has 1 amide bonds. The molecule has 0 saturated heterocycles. The number of para-hydroxylation sites is 1. The van der Waals surface area contributed by atoms with Crippen molar-refractivity contribution in [1.29, 1.82) is 0 Å². The van der Waals surface area contributed by atoms with Crippen molar-refractivity contribution in [3.63, 3.8) is 0 Å². The maximum atomic E-state index is 10.7. The fourth-order valence-electron chi connectivity index (χ4n) is 1.32. The Labute approximate surface area is 97.2 Å².